The van der Waals surface area contributed by atoms with E-state index in [1.807, 2.05) is 0 Å². The number of halogens is 1. The summed E-state index contributed by atoms with van der Waals surface area (Å²) in [5.74, 6) is -0.106. The van der Waals surface area contributed by atoms with E-state index in [0.717, 1.165) is 18.4 Å². The van der Waals surface area contributed by atoms with E-state index in [1.54, 1.807) is 31.1 Å². The molecule has 98 valence electrons. The topological polar surface area (TPSA) is 23.6 Å². The van der Waals surface area contributed by atoms with Gasteiger partial charge in [0.1, 0.15) is 5.82 Å². The van der Waals surface area contributed by atoms with E-state index < -0.39 is 0 Å². The second-order valence-electron chi connectivity index (χ2n) is 5.05. The van der Waals surface area contributed by atoms with E-state index >= 15 is 0 Å². The molecule has 0 bridgehead atoms. The van der Waals surface area contributed by atoms with Crippen molar-refractivity contribution in [3.63, 3.8) is 0 Å². The quantitative estimate of drug-likeness (QED) is 0.796. The lowest BCUT2D eigenvalue weighted by Crippen LogP contribution is -2.37. The Morgan fingerprint density at radius 1 is 1.28 bits per heavy atom. The molecular weight excluding hydrogens is 231 g/mol. The molecule has 18 heavy (non-hydrogen) atoms. The molecule has 0 aromatic heterocycles. The van der Waals surface area contributed by atoms with Crippen LogP contribution >= 0.6 is 0 Å². The van der Waals surface area contributed by atoms with Crippen LogP contribution in [-0.2, 0) is 11.3 Å². The monoisotopic (exact) mass is 250 g/mol. The van der Waals surface area contributed by atoms with Crippen molar-refractivity contribution in [3.05, 3.63) is 35.6 Å². The van der Waals surface area contributed by atoms with Gasteiger partial charge in [-0.25, -0.2) is 4.39 Å². The Labute approximate surface area is 107 Å². The van der Waals surface area contributed by atoms with Crippen LogP contribution in [0.15, 0.2) is 24.3 Å². The third-order valence-corrected chi connectivity index (χ3v) is 3.20. The number of benzene rings is 1. The van der Waals surface area contributed by atoms with Crippen LogP contribution in [0.2, 0.25) is 0 Å². The molecule has 0 saturated heterocycles. The molecule has 3 nitrogen and oxygen atoms in total. The van der Waals surface area contributed by atoms with E-state index in [0.29, 0.717) is 19.1 Å². The number of likely N-dealkylation sites (N-methyl/N-ethyl adjacent to an activating group) is 1. The maximum absolute atomic E-state index is 12.8. The Morgan fingerprint density at radius 2 is 1.89 bits per heavy atom. The lowest BCUT2D eigenvalue weighted by atomic mass is 10.2. The molecule has 1 aromatic carbocycles. The molecule has 0 N–H and O–H groups in total. The predicted octanol–water partition coefficient (Wildman–Crippen LogP) is 1.88. The van der Waals surface area contributed by atoms with Gasteiger partial charge in [0.05, 0.1) is 6.54 Å². The van der Waals surface area contributed by atoms with Crippen molar-refractivity contribution < 1.29 is 9.18 Å². The molecule has 4 heteroatoms. The largest absolute Gasteiger partial charge is 0.348 e. The number of hydrogen-bond donors (Lipinski definition) is 0. The van der Waals surface area contributed by atoms with Gasteiger partial charge < -0.3 is 4.90 Å². The Kier molecular flexibility index (Phi) is 3.97. The lowest BCUT2D eigenvalue weighted by Gasteiger charge is -2.23. The highest BCUT2D eigenvalue weighted by molar-refractivity contribution is 5.77. The summed E-state index contributed by atoms with van der Waals surface area (Å²) in [5, 5.41) is 0. The van der Waals surface area contributed by atoms with Gasteiger partial charge in [-0.15, -0.1) is 0 Å². The van der Waals surface area contributed by atoms with E-state index in [2.05, 4.69) is 4.90 Å². The molecular formula is C14H19FN2O. The van der Waals surface area contributed by atoms with Crippen molar-refractivity contribution in [2.45, 2.75) is 25.4 Å². The molecule has 0 atom stereocenters. The Hall–Kier alpha value is -1.42. The first-order valence-electron chi connectivity index (χ1n) is 6.25. The first kappa shape index (κ1) is 13.0. The summed E-state index contributed by atoms with van der Waals surface area (Å²) in [4.78, 5) is 15.5. The average Bonchev–Trinajstić information content (AvgIpc) is 3.14. The molecule has 0 heterocycles. The highest BCUT2D eigenvalue weighted by atomic mass is 19.1. The van der Waals surface area contributed by atoms with Crippen molar-refractivity contribution in [2.75, 3.05) is 20.6 Å². The molecule has 0 radical (unpaired) electrons. The summed E-state index contributed by atoms with van der Waals surface area (Å²) in [6.07, 6.45) is 2.31. The molecule has 1 aliphatic carbocycles. The molecule has 1 saturated carbocycles. The number of rotatable bonds is 5. The minimum Gasteiger partial charge on any atom is -0.348 e. The third-order valence-electron chi connectivity index (χ3n) is 3.20. The van der Waals surface area contributed by atoms with Gasteiger partial charge in [0.25, 0.3) is 0 Å². The maximum atomic E-state index is 12.8. The van der Waals surface area contributed by atoms with E-state index in [1.165, 1.54) is 12.1 Å². The van der Waals surface area contributed by atoms with Crippen LogP contribution in [0, 0.1) is 5.82 Å². The summed E-state index contributed by atoms with van der Waals surface area (Å²) in [7, 11) is 3.54. The van der Waals surface area contributed by atoms with Crippen LogP contribution in [0.1, 0.15) is 18.4 Å². The highest BCUT2D eigenvalue weighted by Crippen LogP contribution is 2.28. The fraction of sp³-hybridized carbons (Fsp3) is 0.500. The van der Waals surface area contributed by atoms with E-state index in [4.69, 9.17) is 0 Å². The van der Waals surface area contributed by atoms with Gasteiger partial charge in [0.15, 0.2) is 0 Å². The summed E-state index contributed by atoms with van der Waals surface area (Å²) >= 11 is 0. The molecule has 0 aliphatic heterocycles. The molecule has 1 aromatic rings. The van der Waals surface area contributed by atoms with E-state index in [9.17, 15) is 9.18 Å². The lowest BCUT2D eigenvalue weighted by molar-refractivity contribution is -0.130. The maximum Gasteiger partial charge on any atom is 0.236 e. The van der Waals surface area contributed by atoms with Gasteiger partial charge in [-0.05, 0) is 30.5 Å². The first-order chi connectivity index (χ1) is 8.56. The minimum absolute atomic E-state index is 0.115. The summed E-state index contributed by atoms with van der Waals surface area (Å²) in [5.41, 5.74) is 1.05. The smallest absolute Gasteiger partial charge is 0.236 e. The predicted molar refractivity (Wildman–Crippen MR) is 68.5 cm³/mol. The minimum atomic E-state index is -0.221. The highest BCUT2D eigenvalue weighted by Gasteiger charge is 2.30. The summed E-state index contributed by atoms with van der Waals surface area (Å²) < 4.78 is 12.8. The van der Waals surface area contributed by atoms with Crippen LogP contribution in [-0.4, -0.2) is 42.4 Å². The third kappa shape index (κ3) is 3.53. The van der Waals surface area contributed by atoms with E-state index in [-0.39, 0.29) is 11.7 Å². The summed E-state index contributed by atoms with van der Waals surface area (Å²) in [6.45, 7) is 1.15. The molecule has 0 spiro atoms. The Bertz CT molecular complexity index is 412. The second-order valence-corrected chi connectivity index (χ2v) is 5.05. The van der Waals surface area contributed by atoms with Crippen LogP contribution in [0.3, 0.4) is 0 Å². The fourth-order valence-electron chi connectivity index (χ4n) is 1.89. The van der Waals surface area contributed by atoms with Crippen molar-refractivity contribution in [3.8, 4) is 0 Å². The average molecular weight is 250 g/mol. The molecule has 2 rings (SSSR count). The number of amides is 1. The molecule has 1 fully saturated rings. The fourth-order valence-corrected chi connectivity index (χ4v) is 1.89. The van der Waals surface area contributed by atoms with Crippen LogP contribution < -0.4 is 0 Å². The van der Waals surface area contributed by atoms with Crippen molar-refractivity contribution in [1.29, 1.82) is 0 Å². The van der Waals surface area contributed by atoms with Gasteiger partial charge in [0.2, 0.25) is 5.91 Å². The van der Waals surface area contributed by atoms with Crippen LogP contribution in [0.25, 0.3) is 0 Å². The SMILES string of the molecule is CN(C)C(=O)CN(Cc1ccc(F)cc1)C1CC1. The number of hydrogen-bond acceptors (Lipinski definition) is 2. The zero-order valence-corrected chi connectivity index (χ0v) is 10.9. The van der Waals surface area contributed by atoms with Crippen molar-refractivity contribution in [2.24, 2.45) is 0 Å². The van der Waals surface area contributed by atoms with Gasteiger partial charge in [0, 0.05) is 26.7 Å². The Balaban J connectivity index is 1.98. The number of nitrogens with zero attached hydrogens (tertiary/aromatic N) is 2. The molecule has 1 aliphatic rings. The molecule has 1 amide bonds. The van der Waals surface area contributed by atoms with Crippen molar-refractivity contribution in [1.82, 2.24) is 9.80 Å². The van der Waals surface area contributed by atoms with Gasteiger partial charge >= 0.3 is 0 Å². The van der Waals surface area contributed by atoms with Crippen molar-refractivity contribution >= 4 is 5.91 Å². The Morgan fingerprint density at radius 3 is 2.39 bits per heavy atom. The van der Waals surface area contributed by atoms with Gasteiger partial charge in [-0.1, -0.05) is 12.1 Å². The van der Waals surface area contributed by atoms with Gasteiger partial charge in [-0.3, -0.25) is 9.69 Å². The van der Waals surface area contributed by atoms with Crippen LogP contribution in [0.5, 0.6) is 0 Å². The second kappa shape index (κ2) is 5.48. The number of carbonyl (C=O) groups is 1. The summed E-state index contributed by atoms with van der Waals surface area (Å²) in [6, 6.07) is 7.01. The zero-order valence-electron chi connectivity index (χ0n) is 10.9. The zero-order chi connectivity index (χ0) is 13.1. The normalized spacial score (nSPS) is 14.9. The van der Waals surface area contributed by atoms with Crippen LogP contribution in [0.4, 0.5) is 4.39 Å². The standard InChI is InChI=1S/C14H19FN2O/c1-16(2)14(18)10-17(13-7-8-13)9-11-3-5-12(15)6-4-11/h3-6,13H,7-10H2,1-2H3. The number of carbonyl (C=O) groups excluding carboxylic acids is 1. The first-order valence-corrected chi connectivity index (χ1v) is 6.25. The molecule has 0 unspecified atom stereocenters. The van der Waals surface area contributed by atoms with Gasteiger partial charge in [-0.2, -0.15) is 0 Å².